The molecule has 0 bridgehead atoms. The van der Waals surface area contributed by atoms with E-state index in [0.29, 0.717) is 22.2 Å². The molecular weight excluding hydrogens is 386 g/mol. The Hall–Kier alpha value is -2.62. The van der Waals surface area contributed by atoms with Gasteiger partial charge in [0.25, 0.3) is 11.4 Å². The molecule has 1 radical (unpaired) electrons. The van der Waals surface area contributed by atoms with Crippen LogP contribution in [0.3, 0.4) is 0 Å². The number of non-ortho nitro benzene ring substituents is 2. The van der Waals surface area contributed by atoms with Gasteiger partial charge in [0, 0.05) is 52.2 Å². The SMILES string of the molecule is O=[N+]([O-])c1ccc(-c2cc([N+](=O)[O-])cc3nn[nH]c23)cc1.[Ag]. The van der Waals surface area contributed by atoms with Gasteiger partial charge in [-0.3, -0.25) is 25.3 Å². The predicted molar refractivity (Wildman–Crippen MR) is 72.6 cm³/mol. The van der Waals surface area contributed by atoms with E-state index in [1.807, 2.05) is 0 Å². The molecule has 0 fully saturated rings. The van der Waals surface area contributed by atoms with Gasteiger partial charge >= 0.3 is 0 Å². The molecule has 0 atom stereocenters. The summed E-state index contributed by atoms with van der Waals surface area (Å²) in [6.07, 6.45) is 0. The van der Waals surface area contributed by atoms with Crippen LogP contribution >= 0.6 is 0 Å². The van der Waals surface area contributed by atoms with E-state index in [1.165, 1.54) is 36.4 Å². The van der Waals surface area contributed by atoms with Gasteiger partial charge in [-0.25, -0.2) is 0 Å². The van der Waals surface area contributed by atoms with E-state index in [-0.39, 0.29) is 33.8 Å². The minimum Gasteiger partial charge on any atom is -0.258 e. The molecule has 3 aromatic rings. The second kappa shape index (κ2) is 6.02. The number of rotatable bonds is 3. The number of nitro groups is 2. The zero-order valence-electron chi connectivity index (χ0n) is 10.7. The Morgan fingerprint density at radius 1 is 0.955 bits per heavy atom. The quantitative estimate of drug-likeness (QED) is 0.414. The predicted octanol–water partition coefficient (Wildman–Crippen LogP) is 2.44. The van der Waals surface area contributed by atoms with Crippen molar-refractivity contribution in [1.29, 1.82) is 0 Å². The van der Waals surface area contributed by atoms with Gasteiger partial charge in [0.05, 0.1) is 15.4 Å². The first-order valence-corrected chi connectivity index (χ1v) is 5.80. The van der Waals surface area contributed by atoms with Crippen molar-refractivity contribution in [3.63, 3.8) is 0 Å². The van der Waals surface area contributed by atoms with E-state index in [1.54, 1.807) is 0 Å². The third-order valence-electron chi connectivity index (χ3n) is 3.02. The van der Waals surface area contributed by atoms with E-state index >= 15 is 0 Å². The van der Waals surface area contributed by atoms with Crippen molar-refractivity contribution in [2.24, 2.45) is 0 Å². The van der Waals surface area contributed by atoms with Gasteiger partial charge in [-0.2, -0.15) is 0 Å². The third-order valence-corrected chi connectivity index (χ3v) is 3.02. The minimum atomic E-state index is -0.525. The van der Waals surface area contributed by atoms with E-state index in [4.69, 9.17) is 0 Å². The van der Waals surface area contributed by atoms with Crippen LogP contribution in [0.2, 0.25) is 0 Å². The van der Waals surface area contributed by atoms with Gasteiger partial charge in [0.15, 0.2) is 0 Å². The van der Waals surface area contributed by atoms with Gasteiger partial charge in [-0.15, -0.1) is 5.10 Å². The molecule has 0 spiro atoms. The van der Waals surface area contributed by atoms with Crippen molar-refractivity contribution in [2.75, 3.05) is 0 Å². The van der Waals surface area contributed by atoms with Gasteiger partial charge in [0.2, 0.25) is 0 Å². The van der Waals surface area contributed by atoms with Crippen LogP contribution in [-0.4, -0.2) is 25.3 Å². The average molecular weight is 393 g/mol. The summed E-state index contributed by atoms with van der Waals surface area (Å²) in [6.45, 7) is 0. The summed E-state index contributed by atoms with van der Waals surface area (Å²) < 4.78 is 0. The maximum Gasteiger partial charge on any atom is 0.272 e. The Balaban J connectivity index is 0.00000176. The zero-order valence-corrected chi connectivity index (χ0v) is 12.2. The van der Waals surface area contributed by atoms with Gasteiger partial charge in [0.1, 0.15) is 5.52 Å². The average Bonchev–Trinajstić information content (AvgIpc) is 2.94. The Morgan fingerprint density at radius 2 is 1.59 bits per heavy atom. The molecule has 3 rings (SSSR count). The Kier molecular flexibility index (Phi) is 4.31. The molecule has 1 heterocycles. The largest absolute Gasteiger partial charge is 0.272 e. The number of nitrogens with one attached hydrogen (secondary N) is 1. The van der Waals surface area contributed by atoms with E-state index in [9.17, 15) is 20.2 Å². The molecule has 10 heteroatoms. The van der Waals surface area contributed by atoms with Crippen LogP contribution in [0.4, 0.5) is 11.4 Å². The molecule has 1 aromatic heterocycles. The van der Waals surface area contributed by atoms with Crippen molar-refractivity contribution in [2.45, 2.75) is 0 Å². The summed E-state index contributed by atoms with van der Waals surface area (Å²) in [5.74, 6) is 0. The Labute approximate surface area is 138 Å². The van der Waals surface area contributed by atoms with Gasteiger partial charge < -0.3 is 0 Å². The molecule has 0 aliphatic heterocycles. The fraction of sp³-hybridized carbons (Fsp3) is 0. The summed E-state index contributed by atoms with van der Waals surface area (Å²) in [4.78, 5) is 20.6. The number of fused-ring (bicyclic) bond motifs is 1. The Bertz CT molecular complexity index is 862. The second-order valence-electron chi connectivity index (χ2n) is 4.26. The first kappa shape index (κ1) is 15.8. The number of nitrogens with zero attached hydrogens (tertiary/aromatic N) is 4. The summed E-state index contributed by atoms with van der Waals surface area (Å²) >= 11 is 0. The van der Waals surface area contributed by atoms with Crippen LogP contribution in [0, 0.1) is 20.2 Å². The molecule has 0 aliphatic carbocycles. The molecule has 0 saturated heterocycles. The molecule has 115 valence electrons. The second-order valence-corrected chi connectivity index (χ2v) is 4.26. The van der Waals surface area contributed by atoms with Crippen molar-refractivity contribution >= 4 is 22.4 Å². The number of benzene rings is 2. The van der Waals surface area contributed by atoms with Crippen LogP contribution in [0.5, 0.6) is 0 Å². The maximum atomic E-state index is 11.0. The molecule has 0 aliphatic rings. The number of hydrogen-bond donors (Lipinski definition) is 1. The van der Waals surface area contributed by atoms with Crippen molar-refractivity contribution in [3.05, 3.63) is 56.6 Å². The van der Waals surface area contributed by atoms with E-state index in [2.05, 4.69) is 15.4 Å². The monoisotopic (exact) mass is 392 g/mol. The third kappa shape index (κ3) is 2.72. The summed E-state index contributed by atoms with van der Waals surface area (Å²) in [5.41, 5.74) is 1.83. The van der Waals surface area contributed by atoms with Crippen molar-refractivity contribution in [1.82, 2.24) is 15.4 Å². The fourth-order valence-corrected chi connectivity index (χ4v) is 2.03. The molecule has 0 saturated carbocycles. The number of nitro benzene ring substituents is 2. The summed E-state index contributed by atoms with van der Waals surface area (Å²) in [7, 11) is 0. The topological polar surface area (TPSA) is 128 Å². The normalized spacial score (nSPS) is 10.2. The fourth-order valence-electron chi connectivity index (χ4n) is 2.03. The first-order chi connectivity index (χ1) is 10.1. The van der Waals surface area contributed by atoms with Gasteiger partial charge in [-0.05, 0) is 17.7 Å². The molecule has 1 N–H and O–H groups in total. The van der Waals surface area contributed by atoms with Crippen LogP contribution in [0.15, 0.2) is 36.4 Å². The molecule has 0 amide bonds. The zero-order chi connectivity index (χ0) is 15.0. The standard InChI is InChI=1S/C12H7N5O4.Ag/c18-16(19)8-3-1-7(2-4-8)10-5-9(17(20)21)6-11-12(10)14-15-13-11;/h1-6H,(H,13,14,15);. The summed E-state index contributed by atoms with van der Waals surface area (Å²) in [6, 6.07) is 8.42. The van der Waals surface area contributed by atoms with Crippen LogP contribution in [0.25, 0.3) is 22.2 Å². The number of aromatic amines is 1. The van der Waals surface area contributed by atoms with Gasteiger partial charge in [-0.1, -0.05) is 5.21 Å². The van der Waals surface area contributed by atoms with Crippen molar-refractivity contribution < 1.29 is 32.2 Å². The smallest absolute Gasteiger partial charge is 0.258 e. The maximum absolute atomic E-state index is 11.0. The van der Waals surface area contributed by atoms with E-state index < -0.39 is 9.85 Å². The molecule has 22 heavy (non-hydrogen) atoms. The van der Waals surface area contributed by atoms with E-state index in [0.717, 1.165) is 0 Å². The number of H-pyrrole nitrogens is 1. The number of aromatic nitrogens is 3. The summed E-state index contributed by atoms with van der Waals surface area (Å²) in [5, 5.41) is 31.7. The molecule has 0 unspecified atom stereocenters. The molecule has 2 aromatic carbocycles. The van der Waals surface area contributed by atoms with Crippen LogP contribution in [0.1, 0.15) is 0 Å². The van der Waals surface area contributed by atoms with Crippen LogP contribution < -0.4 is 0 Å². The van der Waals surface area contributed by atoms with Crippen molar-refractivity contribution in [3.8, 4) is 11.1 Å². The first-order valence-electron chi connectivity index (χ1n) is 5.80. The minimum absolute atomic E-state index is 0. The number of hydrogen-bond acceptors (Lipinski definition) is 6. The Morgan fingerprint density at radius 3 is 2.18 bits per heavy atom. The molecule has 9 nitrogen and oxygen atoms in total. The molecular formula is C12H7AgN5O4. The van der Waals surface area contributed by atoms with Crippen LogP contribution in [-0.2, 0) is 22.4 Å².